The highest BCUT2D eigenvalue weighted by atomic mass is 16.5. The lowest BCUT2D eigenvalue weighted by Crippen LogP contribution is -2.41. The Hall–Kier alpha value is -1.75. The highest BCUT2D eigenvalue weighted by molar-refractivity contribution is 5.76. The second-order valence-electron chi connectivity index (χ2n) is 5.88. The maximum atomic E-state index is 11.5. The van der Waals surface area contributed by atoms with Gasteiger partial charge in [0.15, 0.2) is 11.5 Å². The number of ether oxygens (including phenoxy) is 1. The molecule has 1 aliphatic heterocycles. The van der Waals surface area contributed by atoms with Crippen molar-refractivity contribution >= 4 is 5.91 Å². The molecule has 1 amide bonds. The van der Waals surface area contributed by atoms with Gasteiger partial charge in [-0.15, -0.1) is 0 Å². The predicted molar refractivity (Wildman–Crippen MR) is 81.4 cm³/mol. The average Bonchev–Trinajstić information content (AvgIpc) is 2.43. The largest absolute Gasteiger partial charge is 0.504 e. The van der Waals surface area contributed by atoms with Crippen LogP contribution in [0.4, 0.5) is 0 Å². The van der Waals surface area contributed by atoms with Crippen LogP contribution >= 0.6 is 0 Å². The molecule has 1 heterocycles. The van der Waals surface area contributed by atoms with E-state index in [1.165, 1.54) is 0 Å². The van der Waals surface area contributed by atoms with Crippen molar-refractivity contribution in [2.75, 3.05) is 34.3 Å². The van der Waals surface area contributed by atoms with Crippen molar-refractivity contribution in [3.8, 4) is 11.5 Å². The number of carbonyl (C=O) groups is 1. The quantitative estimate of drug-likeness (QED) is 0.897. The highest BCUT2D eigenvalue weighted by Crippen LogP contribution is 2.27. The van der Waals surface area contributed by atoms with Crippen molar-refractivity contribution < 1.29 is 14.6 Å². The molecule has 5 heteroatoms. The Morgan fingerprint density at radius 3 is 2.86 bits per heavy atom. The molecule has 1 atom stereocenters. The van der Waals surface area contributed by atoms with E-state index in [-0.39, 0.29) is 11.7 Å². The maximum Gasteiger partial charge on any atom is 0.222 e. The van der Waals surface area contributed by atoms with E-state index < -0.39 is 0 Å². The molecule has 1 aliphatic rings. The van der Waals surface area contributed by atoms with Crippen LogP contribution in [0.2, 0.25) is 0 Å². The zero-order valence-electron chi connectivity index (χ0n) is 13.0. The molecular formula is C16H24N2O3. The predicted octanol–water partition coefficient (Wildman–Crippen LogP) is 1.70. The summed E-state index contributed by atoms with van der Waals surface area (Å²) in [6.45, 7) is 2.55. The number of hydrogen-bond acceptors (Lipinski definition) is 4. The Labute approximate surface area is 126 Å². The van der Waals surface area contributed by atoms with Crippen LogP contribution in [-0.2, 0) is 11.3 Å². The van der Waals surface area contributed by atoms with E-state index >= 15 is 0 Å². The van der Waals surface area contributed by atoms with E-state index in [1.54, 1.807) is 19.2 Å². The van der Waals surface area contributed by atoms with Gasteiger partial charge in [-0.05, 0) is 37.1 Å². The van der Waals surface area contributed by atoms with Crippen LogP contribution in [0, 0.1) is 5.92 Å². The third-order valence-corrected chi connectivity index (χ3v) is 3.99. The smallest absolute Gasteiger partial charge is 0.222 e. The summed E-state index contributed by atoms with van der Waals surface area (Å²) < 4.78 is 5.05. The standard InChI is InChI=1S/C16H24N2O3/c1-17(10-13-5-7-16(20)18(2)11-13)9-12-4-6-15(21-3)14(19)8-12/h4,6,8,13,19H,5,7,9-11H2,1-3H3. The third-order valence-electron chi connectivity index (χ3n) is 3.99. The molecule has 1 unspecified atom stereocenters. The summed E-state index contributed by atoms with van der Waals surface area (Å²) in [6.07, 6.45) is 1.61. The topological polar surface area (TPSA) is 53.0 Å². The fourth-order valence-electron chi connectivity index (χ4n) is 2.90. The van der Waals surface area contributed by atoms with Crippen molar-refractivity contribution in [1.29, 1.82) is 0 Å². The first-order chi connectivity index (χ1) is 9.99. The average molecular weight is 292 g/mol. The van der Waals surface area contributed by atoms with Gasteiger partial charge in [0.05, 0.1) is 7.11 Å². The number of methoxy groups -OCH3 is 1. The number of aromatic hydroxyl groups is 1. The first-order valence-electron chi connectivity index (χ1n) is 7.28. The summed E-state index contributed by atoms with van der Waals surface area (Å²) in [6, 6.07) is 5.49. The van der Waals surface area contributed by atoms with Gasteiger partial charge >= 0.3 is 0 Å². The van der Waals surface area contributed by atoms with Gasteiger partial charge in [0.25, 0.3) is 0 Å². The summed E-state index contributed by atoms with van der Waals surface area (Å²) in [5.74, 6) is 1.43. The number of piperidine rings is 1. The number of likely N-dealkylation sites (tertiary alicyclic amines) is 1. The molecule has 1 fully saturated rings. The van der Waals surface area contributed by atoms with Gasteiger partial charge in [-0.1, -0.05) is 6.07 Å². The van der Waals surface area contributed by atoms with Gasteiger partial charge in [-0.25, -0.2) is 0 Å². The summed E-state index contributed by atoms with van der Waals surface area (Å²) in [4.78, 5) is 15.5. The number of hydrogen-bond donors (Lipinski definition) is 1. The molecular weight excluding hydrogens is 268 g/mol. The van der Waals surface area contributed by atoms with Crippen LogP contribution in [0.3, 0.4) is 0 Å². The number of phenols is 1. The second-order valence-corrected chi connectivity index (χ2v) is 5.88. The molecule has 0 bridgehead atoms. The molecule has 0 spiro atoms. The zero-order valence-corrected chi connectivity index (χ0v) is 13.0. The minimum Gasteiger partial charge on any atom is -0.504 e. The Morgan fingerprint density at radius 2 is 2.24 bits per heavy atom. The maximum absolute atomic E-state index is 11.5. The van der Waals surface area contributed by atoms with E-state index in [2.05, 4.69) is 11.9 Å². The van der Waals surface area contributed by atoms with Crippen LogP contribution in [0.25, 0.3) is 0 Å². The van der Waals surface area contributed by atoms with Crippen molar-refractivity contribution in [2.24, 2.45) is 5.92 Å². The van der Waals surface area contributed by atoms with Gasteiger partial charge < -0.3 is 19.6 Å². The molecule has 2 rings (SSSR count). The van der Waals surface area contributed by atoms with Gasteiger partial charge in [-0.3, -0.25) is 4.79 Å². The molecule has 0 saturated carbocycles. The fourth-order valence-corrected chi connectivity index (χ4v) is 2.90. The van der Waals surface area contributed by atoms with Crippen LogP contribution in [-0.4, -0.2) is 55.1 Å². The zero-order chi connectivity index (χ0) is 15.4. The Balaban J connectivity index is 1.88. The van der Waals surface area contributed by atoms with Crippen LogP contribution in [0.5, 0.6) is 11.5 Å². The molecule has 1 aromatic rings. The van der Waals surface area contributed by atoms with E-state index in [1.807, 2.05) is 18.0 Å². The van der Waals surface area contributed by atoms with Gasteiger partial charge in [0.1, 0.15) is 0 Å². The number of amides is 1. The molecule has 0 radical (unpaired) electrons. The van der Waals surface area contributed by atoms with E-state index in [4.69, 9.17) is 4.74 Å². The van der Waals surface area contributed by atoms with Gasteiger partial charge in [0.2, 0.25) is 5.91 Å². The molecule has 1 saturated heterocycles. The molecule has 1 aromatic carbocycles. The van der Waals surface area contributed by atoms with Crippen molar-refractivity contribution in [3.63, 3.8) is 0 Å². The summed E-state index contributed by atoms with van der Waals surface area (Å²) >= 11 is 0. The molecule has 116 valence electrons. The number of carbonyl (C=O) groups excluding carboxylic acids is 1. The SMILES string of the molecule is COc1ccc(CN(C)CC2CCC(=O)N(C)C2)cc1O. The highest BCUT2D eigenvalue weighted by Gasteiger charge is 2.23. The number of rotatable bonds is 5. The van der Waals surface area contributed by atoms with Crippen LogP contribution < -0.4 is 4.74 Å². The number of phenolic OH excluding ortho intramolecular Hbond substituents is 1. The third kappa shape index (κ3) is 4.11. The summed E-state index contributed by atoms with van der Waals surface area (Å²) in [7, 11) is 5.48. The summed E-state index contributed by atoms with van der Waals surface area (Å²) in [5.41, 5.74) is 1.05. The van der Waals surface area contributed by atoms with Gasteiger partial charge in [-0.2, -0.15) is 0 Å². The monoisotopic (exact) mass is 292 g/mol. The molecule has 1 N–H and O–H groups in total. The van der Waals surface area contributed by atoms with Gasteiger partial charge in [0, 0.05) is 33.1 Å². The van der Waals surface area contributed by atoms with Crippen molar-refractivity contribution in [2.45, 2.75) is 19.4 Å². The lowest BCUT2D eigenvalue weighted by atomic mass is 9.97. The normalized spacial score (nSPS) is 19.1. The number of benzene rings is 1. The molecule has 0 aromatic heterocycles. The van der Waals surface area contributed by atoms with Crippen LogP contribution in [0.1, 0.15) is 18.4 Å². The molecule has 0 aliphatic carbocycles. The fraction of sp³-hybridized carbons (Fsp3) is 0.562. The lowest BCUT2D eigenvalue weighted by Gasteiger charge is -2.32. The minimum absolute atomic E-state index is 0.173. The summed E-state index contributed by atoms with van der Waals surface area (Å²) in [5, 5.41) is 9.80. The Morgan fingerprint density at radius 1 is 1.48 bits per heavy atom. The van der Waals surface area contributed by atoms with Crippen molar-refractivity contribution in [1.82, 2.24) is 9.80 Å². The van der Waals surface area contributed by atoms with Crippen molar-refractivity contribution in [3.05, 3.63) is 23.8 Å². The van der Waals surface area contributed by atoms with E-state index in [9.17, 15) is 9.90 Å². The van der Waals surface area contributed by atoms with Crippen LogP contribution in [0.15, 0.2) is 18.2 Å². The first kappa shape index (κ1) is 15.6. The second kappa shape index (κ2) is 6.80. The Bertz CT molecular complexity index is 504. The Kier molecular flexibility index (Phi) is 5.07. The van der Waals surface area contributed by atoms with E-state index in [0.29, 0.717) is 18.1 Å². The molecule has 5 nitrogen and oxygen atoms in total. The first-order valence-corrected chi connectivity index (χ1v) is 7.28. The molecule has 21 heavy (non-hydrogen) atoms. The lowest BCUT2D eigenvalue weighted by molar-refractivity contribution is -0.133. The minimum atomic E-state index is 0.173. The van der Waals surface area contributed by atoms with E-state index in [0.717, 1.165) is 31.6 Å². The number of nitrogens with zero attached hydrogens (tertiary/aromatic N) is 2.